The summed E-state index contributed by atoms with van der Waals surface area (Å²) in [4.78, 5) is 2.71. The lowest BCUT2D eigenvalue weighted by Crippen LogP contribution is -2.29. The fraction of sp³-hybridized carbons (Fsp3) is 1.00. The molecule has 15 heavy (non-hydrogen) atoms. The van der Waals surface area contributed by atoms with Crippen molar-refractivity contribution in [2.75, 3.05) is 26.2 Å². The number of hydrogen-bond donors (Lipinski definition) is 1. The number of nitrogens with zero attached hydrogens (tertiary/aromatic N) is 1. The minimum Gasteiger partial charge on any atom is -0.316 e. The van der Waals surface area contributed by atoms with Crippen molar-refractivity contribution in [3.8, 4) is 0 Å². The largest absolute Gasteiger partial charge is 0.316 e. The Morgan fingerprint density at radius 2 is 2.13 bits per heavy atom. The van der Waals surface area contributed by atoms with Crippen molar-refractivity contribution >= 4 is 0 Å². The van der Waals surface area contributed by atoms with E-state index in [-0.39, 0.29) is 0 Å². The first-order chi connectivity index (χ1) is 7.16. The van der Waals surface area contributed by atoms with E-state index in [2.05, 4.69) is 31.0 Å². The van der Waals surface area contributed by atoms with Gasteiger partial charge in [0.05, 0.1) is 0 Å². The quantitative estimate of drug-likeness (QED) is 0.746. The normalized spacial score (nSPS) is 36.4. The Hall–Kier alpha value is -0.0800. The smallest absolute Gasteiger partial charge is 0.0125 e. The van der Waals surface area contributed by atoms with Crippen LogP contribution in [0.2, 0.25) is 0 Å². The average molecular weight is 210 g/mol. The molecule has 1 heterocycles. The molecule has 0 radical (unpaired) electrons. The van der Waals surface area contributed by atoms with Gasteiger partial charge in [-0.05, 0) is 50.2 Å². The first-order valence-electron chi connectivity index (χ1n) is 6.61. The maximum Gasteiger partial charge on any atom is 0.0125 e. The Labute approximate surface area is 94.4 Å². The van der Waals surface area contributed by atoms with Crippen molar-refractivity contribution in [3.63, 3.8) is 0 Å². The summed E-state index contributed by atoms with van der Waals surface area (Å²) in [5.74, 6) is 2.68. The second-order valence-corrected chi connectivity index (χ2v) is 5.98. The molecule has 2 nitrogen and oxygen atoms in total. The molecular formula is C13H26N2. The van der Waals surface area contributed by atoms with Crippen LogP contribution < -0.4 is 5.32 Å². The minimum absolute atomic E-state index is 0.783. The van der Waals surface area contributed by atoms with Crippen LogP contribution in [0.15, 0.2) is 0 Å². The Morgan fingerprint density at radius 3 is 2.73 bits per heavy atom. The van der Waals surface area contributed by atoms with Crippen molar-refractivity contribution in [2.45, 2.75) is 39.7 Å². The maximum atomic E-state index is 3.59. The van der Waals surface area contributed by atoms with Crippen molar-refractivity contribution in [1.82, 2.24) is 10.2 Å². The van der Waals surface area contributed by atoms with Crippen LogP contribution in [0.25, 0.3) is 0 Å². The Kier molecular flexibility index (Phi) is 3.68. The zero-order valence-corrected chi connectivity index (χ0v) is 10.5. The van der Waals surface area contributed by atoms with Gasteiger partial charge in [0.1, 0.15) is 0 Å². The zero-order chi connectivity index (χ0) is 10.8. The molecule has 0 amide bonds. The monoisotopic (exact) mass is 210 g/mol. The predicted molar refractivity (Wildman–Crippen MR) is 65.0 cm³/mol. The van der Waals surface area contributed by atoms with Gasteiger partial charge in [-0.25, -0.2) is 0 Å². The zero-order valence-electron chi connectivity index (χ0n) is 10.5. The molecule has 2 rings (SSSR count). The Bertz CT molecular complexity index is 203. The van der Waals surface area contributed by atoms with E-state index in [1.807, 2.05) is 0 Å². The van der Waals surface area contributed by atoms with Crippen molar-refractivity contribution < 1.29 is 0 Å². The summed E-state index contributed by atoms with van der Waals surface area (Å²) in [5.41, 5.74) is 0. The molecule has 88 valence electrons. The molecule has 3 atom stereocenters. The lowest BCUT2D eigenvalue weighted by molar-refractivity contribution is 0.299. The number of nitrogens with one attached hydrogen (secondary N) is 1. The molecule has 0 aromatic rings. The van der Waals surface area contributed by atoms with Gasteiger partial charge in [0.2, 0.25) is 0 Å². The molecule has 2 aliphatic rings. The summed E-state index contributed by atoms with van der Waals surface area (Å²) < 4.78 is 0. The fourth-order valence-electron chi connectivity index (χ4n) is 2.72. The Balaban J connectivity index is 1.60. The minimum atomic E-state index is 0.783. The van der Waals surface area contributed by atoms with Crippen LogP contribution in [0.5, 0.6) is 0 Å². The van der Waals surface area contributed by atoms with Crippen molar-refractivity contribution in [1.29, 1.82) is 0 Å². The third-order valence-electron chi connectivity index (χ3n) is 3.84. The first-order valence-corrected chi connectivity index (χ1v) is 6.61. The van der Waals surface area contributed by atoms with Crippen molar-refractivity contribution in [3.05, 3.63) is 0 Å². The second kappa shape index (κ2) is 4.84. The van der Waals surface area contributed by atoms with E-state index in [4.69, 9.17) is 0 Å². The lowest BCUT2D eigenvalue weighted by Gasteiger charge is -2.16. The van der Waals surface area contributed by atoms with Crippen LogP contribution in [-0.2, 0) is 0 Å². The molecule has 1 aliphatic heterocycles. The summed E-state index contributed by atoms with van der Waals surface area (Å²) in [6, 6.07) is 0.945. The predicted octanol–water partition coefficient (Wildman–Crippen LogP) is 1.96. The average Bonchev–Trinajstić information content (AvgIpc) is 2.73. The van der Waals surface area contributed by atoms with E-state index in [1.54, 1.807) is 0 Å². The molecule has 3 unspecified atom stereocenters. The highest BCUT2D eigenvalue weighted by atomic mass is 15.2. The molecule has 0 aromatic carbocycles. The summed E-state index contributed by atoms with van der Waals surface area (Å²) in [7, 11) is 0. The van der Waals surface area contributed by atoms with E-state index in [0.29, 0.717) is 0 Å². The van der Waals surface area contributed by atoms with Gasteiger partial charge in [-0.2, -0.15) is 0 Å². The summed E-state index contributed by atoms with van der Waals surface area (Å²) >= 11 is 0. The third-order valence-corrected chi connectivity index (χ3v) is 3.84. The maximum absolute atomic E-state index is 3.59. The fourth-order valence-corrected chi connectivity index (χ4v) is 2.72. The number of rotatable bonds is 5. The van der Waals surface area contributed by atoms with E-state index in [9.17, 15) is 0 Å². The molecular weight excluding hydrogens is 184 g/mol. The van der Waals surface area contributed by atoms with E-state index >= 15 is 0 Å². The van der Waals surface area contributed by atoms with Crippen molar-refractivity contribution in [2.24, 2.45) is 17.8 Å². The van der Waals surface area contributed by atoms with E-state index in [1.165, 1.54) is 39.0 Å². The number of hydrogen-bond acceptors (Lipinski definition) is 2. The van der Waals surface area contributed by atoms with Gasteiger partial charge in [-0.3, -0.25) is 4.90 Å². The van der Waals surface area contributed by atoms with Crippen LogP contribution in [0.3, 0.4) is 0 Å². The van der Waals surface area contributed by atoms with Crippen LogP contribution >= 0.6 is 0 Å². The van der Waals surface area contributed by atoms with Crippen LogP contribution in [0, 0.1) is 17.8 Å². The van der Waals surface area contributed by atoms with E-state index < -0.39 is 0 Å². The standard InChI is InChI=1S/C13H26N2/c1-10(2)7-14-8-12-4-5-15(9-12)13-6-11(13)3/h10-14H,4-9H2,1-3H3. The van der Waals surface area contributed by atoms with Crippen LogP contribution in [-0.4, -0.2) is 37.1 Å². The molecule has 0 bridgehead atoms. The molecule has 1 saturated carbocycles. The Morgan fingerprint density at radius 1 is 1.40 bits per heavy atom. The van der Waals surface area contributed by atoms with Crippen LogP contribution in [0.4, 0.5) is 0 Å². The molecule has 0 aromatic heterocycles. The number of likely N-dealkylation sites (tertiary alicyclic amines) is 1. The summed E-state index contributed by atoms with van der Waals surface area (Å²) in [5, 5.41) is 3.59. The second-order valence-electron chi connectivity index (χ2n) is 5.98. The van der Waals surface area contributed by atoms with E-state index in [0.717, 1.165) is 23.8 Å². The third kappa shape index (κ3) is 3.18. The molecule has 2 fully saturated rings. The van der Waals surface area contributed by atoms with Crippen LogP contribution in [0.1, 0.15) is 33.6 Å². The van der Waals surface area contributed by atoms with Gasteiger partial charge in [-0.15, -0.1) is 0 Å². The first kappa shape index (κ1) is 11.4. The van der Waals surface area contributed by atoms with Gasteiger partial charge in [0.15, 0.2) is 0 Å². The SMILES string of the molecule is CC(C)CNCC1CCN(C2CC2C)C1. The summed E-state index contributed by atoms with van der Waals surface area (Å²) in [6.07, 6.45) is 2.86. The van der Waals surface area contributed by atoms with Gasteiger partial charge < -0.3 is 5.32 Å². The molecule has 2 heteroatoms. The highest BCUT2D eigenvalue weighted by Gasteiger charge is 2.40. The molecule has 1 aliphatic carbocycles. The van der Waals surface area contributed by atoms with Gasteiger partial charge in [0, 0.05) is 12.6 Å². The summed E-state index contributed by atoms with van der Waals surface area (Å²) in [6.45, 7) is 12.0. The van der Waals surface area contributed by atoms with Gasteiger partial charge in [0.25, 0.3) is 0 Å². The topological polar surface area (TPSA) is 15.3 Å². The molecule has 1 N–H and O–H groups in total. The van der Waals surface area contributed by atoms with Gasteiger partial charge in [-0.1, -0.05) is 20.8 Å². The molecule has 0 spiro atoms. The van der Waals surface area contributed by atoms with Gasteiger partial charge >= 0.3 is 0 Å². The molecule has 1 saturated heterocycles. The highest BCUT2D eigenvalue weighted by Crippen LogP contribution is 2.37. The lowest BCUT2D eigenvalue weighted by atomic mass is 10.1. The highest BCUT2D eigenvalue weighted by molar-refractivity contribution is 4.95.